The molecule has 0 aromatic carbocycles. The summed E-state index contributed by atoms with van der Waals surface area (Å²) < 4.78 is 0. The van der Waals surface area contributed by atoms with Crippen molar-refractivity contribution >= 4 is 0 Å². The van der Waals surface area contributed by atoms with Crippen LogP contribution in [0.1, 0.15) is 18.5 Å². The normalized spacial score (nSPS) is 9.89. The van der Waals surface area contributed by atoms with Crippen molar-refractivity contribution in [3.8, 4) is 0 Å². The summed E-state index contributed by atoms with van der Waals surface area (Å²) in [6.45, 7) is 5.33. The number of hydrogen-bond donors (Lipinski definition) is 1. The van der Waals surface area contributed by atoms with Crippen LogP contribution in [0.4, 0.5) is 0 Å². The molecule has 0 unspecified atom stereocenters. The van der Waals surface area contributed by atoms with Gasteiger partial charge in [0.1, 0.15) is 0 Å². The average Bonchev–Trinajstić information content (AvgIpc) is 2.34. The number of aryl methyl sites for hydroxylation is 1. The van der Waals surface area contributed by atoms with E-state index in [1.165, 1.54) is 5.69 Å². The maximum Gasteiger partial charge on any atom is 0.0147 e. The minimum Gasteiger partial charge on any atom is -0.365 e. The van der Waals surface area contributed by atoms with Gasteiger partial charge in [-0.3, -0.25) is 0 Å². The number of hydrogen-bond acceptors (Lipinski definition) is 0. The second kappa shape index (κ2) is 3.33. The summed E-state index contributed by atoms with van der Waals surface area (Å²) in [5.74, 6) is 0. The summed E-state index contributed by atoms with van der Waals surface area (Å²) in [5.41, 5.74) is 1.28. The number of aromatic nitrogens is 1. The van der Waals surface area contributed by atoms with E-state index in [4.69, 9.17) is 6.92 Å². The molecule has 0 aliphatic rings. The average molecular weight is 121 g/mol. The van der Waals surface area contributed by atoms with Crippen LogP contribution in [-0.4, -0.2) is 4.98 Å². The molecule has 1 heterocycles. The molecule has 1 aromatic heterocycles. The molecule has 0 fully saturated rings. The van der Waals surface area contributed by atoms with E-state index >= 15 is 0 Å². The molecule has 1 heteroatoms. The van der Waals surface area contributed by atoms with Gasteiger partial charge < -0.3 is 4.98 Å². The summed E-state index contributed by atoms with van der Waals surface area (Å²) >= 11 is 0. The van der Waals surface area contributed by atoms with Gasteiger partial charge in [0.05, 0.1) is 0 Å². The van der Waals surface area contributed by atoms with E-state index in [0.717, 1.165) is 19.3 Å². The quantitative estimate of drug-likeness (QED) is 0.630. The fourth-order valence-electron chi connectivity index (χ4n) is 0.816. The van der Waals surface area contributed by atoms with E-state index in [1.54, 1.807) is 0 Å². The Balaban J connectivity index is 2.30. The van der Waals surface area contributed by atoms with Crippen molar-refractivity contribution in [3.05, 3.63) is 30.9 Å². The summed E-state index contributed by atoms with van der Waals surface area (Å²) in [4.78, 5) is 3.12. The van der Waals surface area contributed by atoms with Crippen molar-refractivity contribution in [1.29, 1.82) is 0 Å². The van der Waals surface area contributed by atoms with Gasteiger partial charge in [-0.1, -0.05) is 0 Å². The third-order valence-electron chi connectivity index (χ3n) is 1.31. The zero-order valence-corrected chi connectivity index (χ0v) is 5.43. The third kappa shape index (κ3) is 1.92. The van der Waals surface area contributed by atoms with E-state index in [0.29, 0.717) is 0 Å². The Labute approximate surface area is 56.1 Å². The second-order valence-electron chi connectivity index (χ2n) is 2.09. The SMILES string of the molecule is [CH]CCCc1ccc[nH]1. The maximum absolute atomic E-state index is 5.33. The van der Waals surface area contributed by atoms with Crippen molar-refractivity contribution < 1.29 is 0 Å². The van der Waals surface area contributed by atoms with Crippen molar-refractivity contribution in [3.63, 3.8) is 0 Å². The molecule has 0 bridgehead atoms. The molecule has 1 N–H and O–H groups in total. The molecule has 2 radical (unpaired) electrons. The number of H-pyrrole nitrogens is 1. The lowest BCUT2D eigenvalue weighted by atomic mass is 10.2. The minimum absolute atomic E-state index is 0.777. The molecule has 1 nitrogen and oxygen atoms in total. The molecule has 48 valence electrons. The van der Waals surface area contributed by atoms with Crippen molar-refractivity contribution in [1.82, 2.24) is 4.98 Å². The van der Waals surface area contributed by atoms with Crippen LogP contribution in [-0.2, 0) is 6.42 Å². The van der Waals surface area contributed by atoms with Crippen LogP contribution in [0.2, 0.25) is 0 Å². The van der Waals surface area contributed by atoms with Gasteiger partial charge in [-0.2, -0.15) is 0 Å². The first-order valence-electron chi connectivity index (χ1n) is 3.26. The van der Waals surface area contributed by atoms with Crippen molar-refractivity contribution in [2.75, 3.05) is 0 Å². The predicted molar refractivity (Wildman–Crippen MR) is 38.0 cm³/mol. The molecular weight excluding hydrogens is 110 g/mol. The topological polar surface area (TPSA) is 15.8 Å². The Hall–Kier alpha value is -0.720. The van der Waals surface area contributed by atoms with Crippen molar-refractivity contribution in [2.45, 2.75) is 19.3 Å². The number of unbranched alkanes of at least 4 members (excludes halogenated alkanes) is 1. The van der Waals surface area contributed by atoms with Crippen LogP contribution >= 0.6 is 0 Å². The highest BCUT2D eigenvalue weighted by Crippen LogP contribution is 1.99. The molecule has 0 aliphatic heterocycles. The van der Waals surface area contributed by atoms with E-state index in [1.807, 2.05) is 12.3 Å². The van der Waals surface area contributed by atoms with Gasteiger partial charge >= 0.3 is 0 Å². The highest BCUT2D eigenvalue weighted by atomic mass is 14.7. The largest absolute Gasteiger partial charge is 0.365 e. The van der Waals surface area contributed by atoms with E-state index in [9.17, 15) is 0 Å². The van der Waals surface area contributed by atoms with E-state index in [-0.39, 0.29) is 0 Å². The van der Waals surface area contributed by atoms with E-state index in [2.05, 4.69) is 11.1 Å². The number of aromatic amines is 1. The molecule has 1 aromatic rings. The smallest absolute Gasteiger partial charge is 0.0147 e. The zero-order valence-electron chi connectivity index (χ0n) is 5.43. The first-order valence-corrected chi connectivity index (χ1v) is 3.26. The molecule has 0 saturated heterocycles. The fraction of sp³-hybridized carbons (Fsp3) is 0.375. The van der Waals surface area contributed by atoms with Crippen LogP contribution in [0.25, 0.3) is 0 Å². The molecule has 0 atom stereocenters. The van der Waals surface area contributed by atoms with Crippen LogP contribution in [0.15, 0.2) is 18.3 Å². The first kappa shape index (κ1) is 6.40. The Morgan fingerprint density at radius 3 is 3.00 bits per heavy atom. The molecular formula is C8H11N. The predicted octanol–water partition coefficient (Wildman–Crippen LogP) is 2.05. The van der Waals surface area contributed by atoms with Crippen LogP contribution in [0.3, 0.4) is 0 Å². The van der Waals surface area contributed by atoms with Gasteiger partial charge in [-0.25, -0.2) is 0 Å². The molecule has 0 spiro atoms. The van der Waals surface area contributed by atoms with Crippen LogP contribution < -0.4 is 0 Å². The summed E-state index contributed by atoms with van der Waals surface area (Å²) in [5, 5.41) is 0. The minimum atomic E-state index is 0.777. The monoisotopic (exact) mass is 121 g/mol. The maximum atomic E-state index is 5.33. The number of nitrogens with one attached hydrogen (secondary N) is 1. The lowest BCUT2D eigenvalue weighted by Gasteiger charge is -1.91. The molecule has 1 rings (SSSR count). The van der Waals surface area contributed by atoms with Gasteiger partial charge in [0.2, 0.25) is 0 Å². The fourth-order valence-corrected chi connectivity index (χ4v) is 0.816. The highest BCUT2D eigenvalue weighted by molar-refractivity contribution is 5.03. The lowest BCUT2D eigenvalue weighted by molar-refractivity contribution is 0.822. The Morgan fingerprint density at radius 2 is 2.44 bits per heavy atom. The number of rotatable bonds is 3. The van der Waals surface area contributed by atoms with Gasteiger partial charge in [-0.05, 0) is 38.3 Å². The summed E-state index contributed by atoms with van der Waals surface area (Å²) in [6.07, 6.45) is 4.86. The second-order valence-corrected chi connectivity index (χ2v) is 2.09. The van der Waals surface area contributed by atoms with Crippen LogP contribution in [0, 0.1) is 6.92 Å². The lowest BCUT2D eigenvalue weighted by Crippen LogP contribution is -1.81. The van der Waals surface area contributed by atoms with Gasteiger partial charge in [0.15, 0.2) is 0 Å². The molecule has 0 aliphatic carbocycles. The zero-order chi connectivity index (χ0) is 6.53. The highest BCUT2D eigenvalue weighted by Gasteiger charge is 1.88. The Kier molecular flexibility index (Phi) is 2.37. The van der Waals surface area contributed by atoms with Gasteiger partial charge in [-0.15, -0.1) is 0 Å². The molecule has 9 heavy (non-hydrogen) atoms. The van der Waals surface area contributed by atoms with Gasteiger partial charge in [0.25, 0.3) is 0 Å². The Morgan fingerprint density at radius 1 is 1.56 bits per heavy atom. The van der Waals surface area contributed by atoms with E-state index < -0.39 is 0 Å². The Bertz CT molecular complexity index is 142. The molecule has 0 saturated carbocycles. The third-order valence-corrected chi connectivity index (χ3v) is 1.31. The molecule has 0 amide bonds. The van der Waals surface area contributed by atoms with Crippen LogP contribution in [0.5, 0.6) is 0 Å². The standard InChI is InChI=1S/C8H11N/c1-2-3-5-8-6-4-7-9-8/h1,4,6-7,9H,2-3,5H2. The van der Waals surface area contributed by atoms with Gasteiger partial charge in [0, 0.05) is 11.9 Å². The van der Waals surface area contributed by atoms with Crippen molar-refractivity contribution in [2.24, 2.45) is 0 Å². The summed E-state index contributed by atoms with van der Waals surface area (Å²) in [7, 11) is 0. The summed E-state index contributed by atoms with van der Waals surface area (Å²) in [6, 6.07) is 4.08. The first-order chi connectivity index (χ1) is 4.43.